The van der Waals surface area contributed by atoms with E-state index in [0.29, 0.717) is 13.0 Å². The molecule has 1 amide bonds. The van der Waals surface area contributed by atoms with Crippen LogP contribution in [0.2, 0.25) is 0 Å². The van der Waals surface area contributed by atoms with Gasteiger partial charge in [0.2, 0.25) is 5.91 Å². The Morgan fingerprint density at radius 1 is 1.11 bits per heavy atom. The molecule has 1 aromatic carbocycles. The zero-order valence-corrected chi connectivity index (χ0v) is 11.9. The number of benzene rings is 1. The van der Waals surface area contributed by atoms with Crippen LogP contribution in [0.5, 0.6) is 0 Å². The summed E-state index contributed by atoms with van der Waals surface area (Å²) < 4.78 is 0. The van der Waals surface area contributed by atoms with Crippen molar-refractivity contribution in [2.75, 3.05) is 11.4 Å². The highest BCUT2D eigenvalue weighted by molar-refractivity contribution is 9.09. The van der Waals surface area contributed by atoms with Gasteiger partial charge in [-0.2, -0.15) is 0 Å². The number of hydrogen-bond donors (Lipinski definition) is 0. The fourth-order valence-electron chi connectivity index (χ4n) is 2.23. The molecule has 3 nitrogen and oxygen atoms in total. The molecule has 2 heterocycles. The van der Waals surface area contributed by atoms with Crippen molar-refractivity contribution in [2.45, 2.75) is 11.2 Å². The Morgan fingerprint density at radius 2 is 1.89 bits per heavy atom. The van der Waals surface area contributed by atoms with Crippen LogP contribution in [0.3, 0.4) is 0 Å². The summed E-state index contributed by atoms with van der Waals surface area (Å²) in [6.45, 7) is 0.685. The number of amides is 1. The van der Waals surface area contributed by atoms with Crippen LogP contribution in [-0.4, -0.2) is 22.3 Å². The first-order chi connectivity index (χ1) is 9.24. The summed E-state index contributed by atoms with van der Waals surface area (Å²) in [6.07, 6.45) is 0.539. The topological polar surface area (TPSA) is 33.2 Å². The molecule has 0 aliphatic carbocycles. The number of carbonyl (C=O) groups excluding carboxylic acids is 1. The Hall–Kier alpha value is -1.68. The molecule has 0 bridgehead atoms. The summed E-state index contributed by atoms with van der Waals surface area (Å²) in [6, 6.07) is 15.8. The zero-order chi connectivity index (χ0) is 13.2. The first kappa shape index (κ1) is 12.4. The molecule has 1 unspecified atom stereocenters. The van der Waals surface area contributed by atoms with E-state index in [2.05, 4.69) is 20.9 Å². The highest BCUT2D eigenvalue weighted by Crippen LogP contribution is 2.26. The molecule has 1 saturated heterocycles. The Bertz CT molecular complexity index is 600. The van der Waals surface area contributed by atoms with Crippen molar-refractivity contribution < 1.29 is 4.79 Å². The highest BCUT2D eigenvalue weighted by Gasteiger charge is 2.29. The van der Waals surface area contributed by atoms with Crippen LogP contribution in [0.15, 0.2) is 48.5 Å². The van der Waals surface area contributed by atoms with Crippen LogP contribution in [0.1, 0.15) is 6.42 Å². The third-order valence-corrected chi connectivity index (χ3v) is 3.77. The predicted molar refractivity (Wildman–Crippen MR) is 79.4 cm³/mol. The lowest BCUT2D eigenvalue weighted by atomic mass is 10.1. The zero-order valence-electron chi connectivity index (χ0n) is 10.3. The van der Waals surface area contributed by atoms with Crippen molar-refractivity contribution in [1.82, 2.24) is 4.98 Å². The van der Waals surface area contributed by atoms with Gasteiger partial charge < -0.3 is 0 Å². The molecule has 1 fully saturated rings. The summed E-state index contributed by atoms with van der Waals surface area (Å²) in [7, 11) is 0. The number of aromatic nitrogens is 1. The van der Waals surface area contributed by atoms with E-state index >= 15 is 0 Å². The highest BCUT2D eigenvalue weighted by atomic mass is 79.9. The van der Waals surface area contributed by atoms with Gasteiger partial charge in [0.15, 0.2) is 0 Å². The molecular formula is C15H13BrN2O. The molecule has 3 rings (SSSR count). The average Bonchev–Trinajstić information content (AvgIpc) is 2.79. The third kappa shape index (κ3) is 2.54. The minimum atomic E-state index is 0.125. The largest absolute Gasteiger partial charge is 0.296 e. The van der Waals surface area contributed by atoms with E-state index in [1.54, 1.807) is 4.90 Å². The van der Waals surface area contributed by atoms with Gasteiger partial charge in [0.05, 0.1) is 5.69 Å². The van der Waals surface area contributed by atoms with Gasteiger partial charge in [-0.1, -0.05) is 52.3 Å². The second-order valence-corrected chi connectivity index (χ2v) is 5.85. The predicted octanol–water partition coefficient (Wildman–Crippen LogP) is 3.25. The molecule has 19 heavy (non-hydrogen) atoms. The first-order valence-electron chi connectivity index (χ1n) is 6.21. The number of nitrogens with zero attached hydrogens (tertiary/aromatic N) is 2. The monoisotopic (exact) mass is 316 g/mol. The quantitative estimate of drug-likeness (QED) is 0.797. The Labute approximate surface area is 120 Å². The van der Waals surface area contributed by atoms with Gasteiger partial charge in [0, 0.05) is 23.4 Å². The SMILES string of the molecule is O=C1CC(Br)CN1c1cccc(-c2ccccc2)n1. The van der Waals surface area contributed by atoms with E-state index < -0.39 is 0 Å². The molecule has 0 saturated carbocycles. The normalized spacial score (nSPS) is 18.9. The van der Waals surface area contributed by atoms with Crippen LogP contribution < -0.4 is 4.90 Å². The molecule has 1 aliphatic rings. The van der Waals surface area contributed by atoms with Gasteiger partial charge in [-0.25, -0.2) is 4.98 Å². The van der Waals surface area contributed by atoms with Crippen molar-refractivity contribution in [1.29, 1.82) is 0 Å². The van der Waals surface area contributed by atoms with E-state index in [9.17, 15) is 4.79 Å². The van der Waals surface area contributed by atoms with Gasteiger partial charge in [0.25, 0.3) is 0 Å². The maximum absolute atomic E-state index is 11.9. The number of anilines is 1. The second-order valence-electron chi connectivity index (χ2n) is 4.55. The molecular weight excluding hydrogens is 304 g/mol. The average molecular weight is 317 g/mol. The van der Waals surface area contributed by atoms with Crippen LogP contribution in [0, 0.1) is 0 Å². The van der Waals surface area contributed by atoms with Crippen molar-refractivity contribution in [2.24, 2.45) is 0 Å². The van der Waals surface area contributed by atoms with Crippen molar-refractivity contribution in [3.8, 4) is 11.3 Å². The van der Waals surface area contributed by atoms with Gasteiger partial charge in [-0.05, 0) is 12.1 Å². The van der Waals surface area contributed by atoms with Crippen LogP contribution in [0.25, 0.3) is 11.3 Å². The summed E-state index contributed by atoms with van der Waals surface area (Å²) in [4.78, 5) is 18.4. The van der Waals surface area contributed by atoms with Crippen molar-refractivity contribution in [3.05, 3.63) is 48.5 Å². The molecule has 1 aromatic heterocycles. The Balaban J connectivity index is 1.95. The lowest BCUT2D eigenvalue weighted by Gasteiger charge is -2.15. The van der Waals surface area contributed by atoms with Crippen LogP contribution in [-0.2, 0) is 4.79 Å². The van der Waals surface area contributed by atoms with E-state index in [0.717, 1.165) is 17.1 Å². The number of hydrogen-bond acceptors (Lipinski definition) is 2. The molecule has 1 atom stereocenters. The number of alkyl halides is 1. The number of halogens is 1. The van der Waals surface area contributed by atoms with Gasteiger partial charge >= 0.3 is 0 Å². The van der Waals surface area contributed by atoms with Crippen molar-refractivity contribution in [3.63, 3.8) is 0 Å². The van der Waals surface area contributed by atoms with Gasteiger partial charge in [0.1, 0.15) is 5.82 Å². The number of pyridine rings is 1. The molecule has 0 radical (unpaired) electrons. The number of carbonyl (C=O) groups is 1. The fourth-order valence-corrected chi connectivity index (χ4v) is 2.80. The van der Waals surface area contributed by atoms with E-state index in [4.69, 9.17) is 0 Å². The molecule has 4 heteroatoms. The fraction of sp³-hybridized carbons (Fsp3) is 0.200. The minimum Gasteiger partial charge on any atom is -0.296 e. The van der Waals surface area contributed by atoms with Crippen LogP contribution >= 0.6 is 15.9 Å². The second kappa shape index (κ2) is 5.13. The third-order valence-electron chi connectivity index (χ3n) is 3.16. The molecule has 0 spiro atoms. The van der Waals surface area contributed by atoms with Gasteiger partial charge in [-0.3, -0.25) is 9.69 Å². The van der Waals surface area contributed by atoms with E-state index in [-0.39, 0.29) is 10.7 Å². The Morgan fingerprint density at radius 3 is 2.58 bits per heavy atom. The molecule has 1 aliphatic heterocycles. The number of rotatable bonds is 2. The molecule has 96 valence electrons. The van der Waals surface area contributed by atoms with Gasteiger partial charge in [-0.15, -0.1) is 0 Å². The summed E-state index contributed by atoms with van der Waals surface area (Å²) in [5, 5.41) is 0. The summed E-state index contributed by atoms with van der Waals surface area (Å²) in [5.41, 5.74) is 1.95. The standard InChI is InChI=1S/C15H13BrN2O/c16-12-9-15(19)18(10-12)14-8-4-7-13(17-14)11-5-2-1-3-6-11/h1-8,12H,9-10H2. The van der Waals surface area contributed by atoms with E-state index in [1.165, 1.54) is 0 Å². The van der Waals surface area contributed by atoms with Crippen LogP contribution in [0.4, 0.5) is 5.82 Å². The summed E-state index contributed by atoms with van der Waals surface area (Å²) >= 11 is 3.49. The molecule has 2 aromatic rings. The van der Waals surface area contributed by atoms with E-state index in [1.807, 2.05) is 48.5 Å². The first-order valence-corrected chi connectivity index (χ1v) is 7.12. The lowest BCUT2D eigenvalue weighted by molar-refractivity contribution is -0.117. The Kier molecular flexibility index (Phi) is 3.34. The smallest absolute Gasteiger partial charge is 0.229 e. The maximum Gasteiger partial charge on any atom is 0.229 e. The maximum atomic E-state index is 11.9. The lowest BCUT2D eigenvalue weighted by Crippen LogP contribution is -2.25. The minimum absolute atomic E-state index is 0.125. The summed E-state index contributed by atoms with van der Waals surface area (Å²) in [5.74, 6) is 0.855. The molecule has 0 N–H and O–H groups in total. The van der Waals surface area contributed by atoms with Crippen molar-refractivity contribution >= 4 is 27.7 Å².